The lowest BCUT2D eigenvalue weighted by atomic mass is 9.92. The van der Waals surface area contributed by atoms with Crippen LogP contribution in [0.3, 0.4) is 0 Å². The van der Waals surface area contributed by atoms with Gasteiger partial charge in [-0.15, -0.1) is 0 Å². The van der Waals surface area contributed by atoms with E-state index in [1.165, 1.54) is 20.8 Å². The number of benzene rings is 2. The Kier molecular flexibility index (Phi) is 10.4. The van der Waals surface area contributed by atoms with Gasteiger partial charge >= 0.3 is 17.9 Å². The Morgan fingerprint density at radius 1 is 0.925 bits per heavy atom. The van der Waals surface area contributed by atoms with Crippen LogP contribution in [0.5, 0.6) is 5.75 Å². The second-order valence-corrected chi connectivity index (χ2v) is 10.4. The number of ether oxygens (including phenoxy) is 6. The van der Waals surface area contributed by atoms with E-state index in [1.807, 2.05) is 36.4 Å². The smallest absolute Gasteiger partial charge is 0.303 e. The van der Waals surface area contributed by atoms with Gasteiger partial charge in [-0.2, -0.15) is 0 Å². The standard InChI is InChI=1S/C30H35ClO9/c1-18(32)37-17-29-30(39-20(3)34)28(38-19(2)33)16-27(40-29)22-6-11-26(31)23(15-22)14-21-4-7-24(8-5-21)35-12-13-36-25-9-10-25/h4-8,11,15,25,27-30H,9-10,12-14,16-17H2,1-3H3/t27?,28-,29-,30+/m1/s1. The molecule has 1 unspecified atom stereocenters. The summed E-state index contributed by atoms with van der Waals surface area (Å²) < 4.78 is 33.8. The third-order valence-electron chi connectivity index (χ3n) is 6.58. The first-order valence-electron chi connectivity index (χ1n) is 13.4. The lowest BCUT2D eigenvalue weighted by molar-refractivity contribution is -0.216. The molecule has 10 heteroatoms. The van der Waals surface area contributed by atoms with Crippen molar-refractivity contribution in [3.8, 4) is 5.75 Å². The van der Waals surface area contributed by atoms with Crippen LogP contribution in [-0.2, 0) is 44.5 Å². The second-order valence-electron chi connectivity index (χ2n) is 10.0. The van der Waals surface area contributed by atoms with E-state index in [0.717, 1.165) is 35.3 Å². The molecule has 9 nitrogen and oxygen atoms in total. The summed E-state index contributed by atoms with van der Waals surface area (Å²) in [5, 5.41) is 0.600. The second kappa shape index (κ2) is 14.0. The van der Waals surface area contributed by atoms with E-state index in [4.69, 9.17) is 40.0 Å². The maximum atomic E-state index is 11.9. The molecule has 0 bridgehead atoms. The molecule has 0 amide bonds. The Bertz CT molecular complexity index is 1180. The van der Waals surface area contributed by atoms with Crippen LogP contribution in [0.25, 0.3) is 0 Å². The van der Waals surface area contributed by atoms with Gasteiger partial charge in [0.05, 0.1) is 18.8 Å². The maximum Gasteiger partial charge on any atom is 0.303 e. The molecule has 216 valence electrons. The number of esters is 3. The van der Waals surface area contributed by atoms with Crippen LogP contribution in [-0.4, -0.2) is 62.1 Å². The van der Waals surface area contributed by atoms with Crippen LogP contribution in [0, 0.1) is 0 Å². The van der Waals surface area contributed by atoms with Crippen molar-refractivity contribution in [2.45, 2.75) is 77.0 Å². The van der Waals surface area contributed by atoms with Crippen LogP contribution in [0.1, 0.15) is 62.8 Å². The molecule has 0 spiro atoms. The molecule has 2 aromatic carbocycles. The first kappa shape index (κ1) is 29.8. The number of halogens is 1. The predicted molar refractivity (Wildman–Crippen MR) is 145 cm³/mol. The molecular formula is C30H35ClO9. The highest BCUT2D eigenvalue weighted by atomic mass is 35.5. The molecule has 2 aromatic rings. The topological polar surface area (TPSA) is 107 Å². The fourth-order valence-electron chi connectivity index (χ4n) is 4.61. The van der Waals surface area contributed by atoms with Gasteiger partial charge in [0.25, 0.3) is 0 Å². The van der Waals surface area contributed by atoms with E-state index in [9.17, 15) is 14.4 Å². The molecule has 0 N–H and O–H groups in total. The molecule has 1 aliphatic carbocycles. The molecule has 40 heavy (non-hydrogen) atoms. The van der Waals surface area contributed by atoms with Gasteiger partial charge in [0.2, 0.25) is 0 Å². The van der Waals surface area contributed by atoms with Gasteiger partial charge in [0.15, 0.2) is 6.10 Å². The number of hydrogen-bond donors (Lipinski definition) is 0. The SMILES string of the molecule is CC(=O)OC[C@H]1OC(c2ccc(Cl)c(Cc3ccc(OCCOC4CC4)cc3)c2)C[C@@H](OC(C)=O)[C@@H]1OC(C)=O. The minimum absolute atomic E-state index is 0.164. The lowest BCUT2D eigenvalue weighted by Gasteiger charge is -2.40. The highest BCUT2D eigenvalue weighted by Crippen LogP contribution is 2.37. The molecule has 1 saturated heterocycles. The summed E-state index contributed by atoms with van der Waals surface area (Å²) in [7, 11) is 0. The van der Waals surface area contributed by atoms with Crippen LogP contribution in [0.4, 0.5) is 0 Å². The van der Waals surface area contributed by atoms with Crippen molar-refractivity contribution in [3.63, 3.8) is 0 Å². The fraction of sp³-hybridized carbons (Fsp3) is 0.500. The first-order chi connectivity index (χ1) is 19.2. The zero-order valence-electron chi connectivity index (χ0n) is 22.9. The summed E-state index contributed by atoms with van der Waals surface area (Å²) in [4.78, 5) is 35.2. The molecule has 0 aromatic heterocycles. The van der Waals surface area contributed by atoms with E-state index in [-0.39, 0.29) is 13.0 Å². The van der Waals surface area contributed by atoms with Crippen molar-refractivity contribution >= 4 is 29.5 Å². The van der Waals surface area contributed by atoms with Crippen LogP contribution in [0.2, 0.25) is 5.02 Å². The van der Waals surface area contributed by atoms with Crippen LogP contribution in [0.15, 0.2) is 42.5 Å². The minimum atomic E-state index is -0.926. The summed E-state index contributed by atoms with van der Waals surface area (Å²) >= 11 is 6.56. The van der Waals surface area contributed by atoms with E-state index in [0.29, 0.717) is 30.8 Å². The molecule has 1 aliphatic heterocycles. The maximum absolute atomic E-state index is 11.9. The van der Waals surface area contributed by atoms with Crippen molar-refractivity contribution in [2.24, 2.45) is 0 Å². The average Bonchev–Trinajstić information content (AvgIpc) is 3.73. The van der Waals surface area contributed by atoms with E-state index in [1.54, 1.807) is 6.07 Å². The summed E-state index contributed by atoms with van der Waals surface area (Å²) in [6.07, 6.45) is 0.429. The third-order valence-corrected chi connectivity index (χ3v) is 6.95. The third kappa shape index (κ3) is 8.94. The highest BCUT2D eigenvalue weighted by Gasteiger charge is 2.44. The van der Waals surface area contributed by atoms with Crippen molar-refractivity contribution < 1.29 is 42.8 Å². The van der Waals surface area contributed by atoms with Crippen molar-refractivity contribution in [2.75, 3.05) is 19.8 Å². The van der Waals surface area contributed by atoms with E-state index >= 15 is 0 Å². The molecular weight excluding hydrogens is 540 g/mol. The molecule has 4 atom stereocenters. The molecule has 4 rings (SSSR count). The summed E-state index contributed by atoms with van der Waals surface area (Å²) in [5.41, 5.74) is 2.74. The molecule has 2 fully saturated rings. The Balaban J connectivity index is 1.46. The van der Waals surface area contributed by atoms with Crippen molar-refractivity contribution in [1.82, 2.24) is 0 Å². The van der Waals surface area contributed by atoms with E-state index < -0.39 is 42.3 Å². The van der Waals surface area contributed by atoms with Gasteiger partial charge in [-0.3, -0.25) is 14.4 Å². The first-order valence-corrected chi connectivity index (χ1v) is 13.8. The number of rotatable bonds is 12. The lowest BCUT2D eigenvalue weighted by Crippen LogP contribution is -2.51. The Labute approximate surface area is 239 Å². The number of carbonyl (C=O) groups is 3. The Hall–Kier alpha value is -3.14. The summed E-state index contributed by atoms with van der Waals surface area (Å²) in [5.74, 6) is -0.813. The minimum Gasteiger partial charge on any atom is -0.491 e. The van der Waals surface area contributed by atoms with Gasteiger partial charge in [0.1, 0.15) is 31.2 Å². The van der Waals surface area contributed by atoms with Gasteiger partial charge < -0.3 is 28.4 Å². The monoisotopic (exact) mass is 574 g/mol. The van der Waals surface area contributed by atoms with Crippen molar-refractivity contribution in [3.05, 3.63) is 64.2 Å². The quantitative estimate of drug-likeness (QED) is 0.202. The highest BCUT2D eigenvalue weighted by molar-refractivity contribution is 6.31. The van der Waals surface area contributed by atoms with Gasteiger partial charge in [0, 0.05) is 32.2 Å². The van der Waals surface area contributed by atoms with Crippen LogP contribution >= 0.6 is 11.6 Å². The largest absolute Gasteiger partial charge is 0.491 e. The average molecular weight is 575 g/mol. The molecule has 1 heterocycles. The number of hydrogen-bond acceptors (Lipinski definition) is 9. The molecule has 0 radical (unpaired) electrons. The molecule has 1 saturated carbocycles. The summed E-state index contributed by atoms with van der Waals surface area (Å²) in [6.45, 7) is 4.75. The normalized spacial score (nSPS) is 22.3. The Morgan fingerprint density at radius 2 is 1.65 bits per heavy atom. The van der Waals surface area contributed by atoms with Crippen molar-refractivity contribution in [1.29, 1.82) is 0 Å². The fourth-order valence-corrected chi connectivity index (χ4v) is 4.80. The Morgan fingerprint density at radius 3 is 2.30 bits per heavy atom. The molecule has 2 aliphatic rings. The predicted octanol–water partition coefficient (Wildman–Crippen LogP) is 4.75. The van der Waals surface area contributed by atoms with Gasteiger partial charge in [-0.25, -0.2) is 0 Å². The van der Waals surface area contributed by atoms with Gasteiger partial charge in [-0.05, 0) is 54.2 Å². The zero-order chi connectivity index (χ0) is 28.6. The summed E-state index contributed by atoms with van der Waals surface area (Å²) in [6, 6.07) is 13.4. The van der Waals surface area contributed by atoms with Gasteiger partial charge in [-0.1, -0.05) is 35.9 Å². The number of carbonyl (C=O) groups excluding carboxylic acids is 3. The van der Waals surface area contributed by atoms with Crippen LogP contribution < -0.4 is 4.74 Å². The van der Waals surface area contributed by atoms with E-state index in [2.05, 4.69) is 0 Å². The zero-order valence-corrected chi connectivity index (χ0v) is 23.7.